The van der Waals surface area contributed by atoms with Gasteiger partial charge in [0.25, 0.3) is 0 Å². The van der Waals surface area contributed by atoms with E-state index in [4.69, 9.17) is 5.73 Å². The zero-order chi connectivity index (χ0) is 25.7. The number of nitrogen functional groups attached to an aromatic ring is 1. The Kier molecular flexibility index (Phi) is 7.59. The lowest BCUT2D eigenvalue weighted by Gasteiger charge is -2.52. The minimum atomic E-state index is -0.650. The molecule has 2 aromatic rings. The summed E-state index contributed by atoms with van der Waals surface area (Å²) < 4.78 is 0. The molecule has 0 saturated carbocycles. The lowest BCUT2D eigenvalue weighted by molar-refractivity contribution is -0.180. The highest BCUT2D eigenvalue weighted by atomic mass is 16.2. The Labute approximate surface area is 209 Å². The van der Waals surface area contributed by atoms with E-state index in [1.54, 1.807) is 35.2 Å². The quantitative estimate of drug-likeness (QED) is 0.349. The Bertz CT molecular complexity index is 1170. The van der Waals surface area contributed by atoms with E-state index in [1.165, 1.54) is 9.91 Å². The van der Waals surface area contributed by atoms with Gasteiger partial charge in [0.1, 0.15) is 18.4 Å². The number of hydrogen-bond donors (Lipinski definition) is 2. The van der Waals surface area contributed by atoms with Crippen molar-refractivity contribution in [3.8, 4) is 0 Å². The number of carbonyl (C=O) groups is 3. The van der Waals surface area contributed by atoms with E-state index < -0.39 is 6.17 Å². The predicted molar refractivity (Wildman–Crippen MR) is 134 cm³/mol. The first-order chi connectivity index (χ1) is 17.4. The van der Waals surface area contributed by atoms with Gasteiger partial charge >= 0.3 is 6.03 Å². The van der Waals surface area contributed by atoms with E-state index in [-0.39, 0.29) is 44.0 Å². The van der Waals surface area contributed by atoms with E-state index in [0.29, 0.717) is 24.5 Å². The summed E-state index contributed by atoms with van der Waals surface area (Å²) in [5, 5.41) is 13.9. The first-order valence-electron chi connectivity index (χ1n) is 11.6. The number of nitrogens with two attached hydrogens (primary N) is 1. The number of amides is 4. The number of carbonyl (C=O) groups excluding carboxylic acids is 3. The fourth-order valence-electron chi connectivity index (χ4n) is 4.40. The van der Waals surface area contributed by atoms with Gasteiger partial charge in [-0.15, -0.1) is 6.58 Å². The van der Waals surface area contributed by atoms with Crippen LogP contribution in [0.5, 0.6) is 0 Å². The fourth-order valence-corrected chi connectivity index (χ4v) is 4.40. The smallest absolute Gasteiger partial charge is 0.334 e. The minimum absolute atomic E-state index is 0.0160. The number of hydrogen-bond acceptors (Lipinski definition) is 7. The second kappa shape index (κ2) is 11.0. The van der Waals surface area contributed by atoms with Crippen molar-refractivity contribution in [1.29, 1.82) is 0 Å². The number of hydrazine groups is 1. The molecule has 4 rings (SSSR count). The van der Waals surface area contributed by atoms with E-state index >= 15 is 0 Å². The summed E-state index contributed by atoms with van der Waals surface area (Å²) in [6.45, 7) is 4.73. The second-order valence-electron chi connectivity index (χ2n) is 8.59. The van der Waals surface area contributed by atoms with Gasteiger partial charge in [-0.25, -0.2) is 14.8 Å². The summed E-state index contributed by atoms with van der Waals surface area (Å²) in [7, 11) is 1.56. The Balaban J connectivity index is 1.56. The Hall–Kier alpha value is -4.25. The van der Waals surface area contributed by atoms with Crippen LogP contribution in [0, 0.1) is 0 Å². The first kappa shape index (κ1) is 24.9. The maximum atomic E-state index is 13.4. The van der Waals surface area contributed by atoms with Gasteiger partial charge in [-0.2, -0.15) is 10.2 Å². The van der Waals surface area contributed by atoms with Gasteiger partial charge in [0.05, 0.1) is 18.8 Å². The molecule has 2 aliphatic heterocycles. The number of azo groups is 1. The number of fused-ring (bicyclic) bond motifs is 1. The molecule has 0 unspecified atom stereocenters. The molecule has 0 aliphatic carbocycles. The molecule has 3 N–H and O–H groups in total. The zero-order valence-corrected chi connectivity index (χ0v) is 20.2. The summed E-state index contributed by atoms with van der Waals surface area (Å²) >= 11 is 0. The molecular formula is C25H30N8O3. The molecular weight excluding hydrogens is 460 g/mol. The number of rotatable bonds is 7. The Morgan fingerprint density at radius 1 is 1.14 bits per heavy atom. The van der Waals surface area contributed by atoms with Crippen LogP contribution >= 0.6 is 0 Å². The van der Waals surface area contributed by atoms with Crippen LogP contribution in [-0.2, 0) is 22.7 Å². The summed E-state index contributed by atoms with van der Waals surface area (Å²) in [4.78, 5) is 42.4. The van der Waals surface area contributed by atoms with E-state index in [2.05, 4.69) is 22.1 Å². The third-order valence-electron chi connectivity index (χ3n) is 6.14. The van der Waals surface area contributed by atoms with E-state index in [9.17, 15) is 14.4 Å². The third kappa shape index (κ3) is 5.36. The molecule has 2 aliphatic rings. The van der Waals surface area contributed by atoms with Gasteiger partial charge in [0.2, 0.25) is 11.8 Å². The molecule has 36 heavy (non-hydrogen) atoms. The maximum absolute atomic E-state index is 13.4. The molecule has 2 fully saturated rings. The molecule has 0 radical (unpaired) electrons. The summed E-state index contributed by atoms with van der Waals surface area (Å²) in [6.07, 6.45) is 0.993. The lowest BCUT2D eigenvalue weighted by Crippen LogP contribution is -2.73. The summed E-state index contributed by atoms with van der Waals surface area (Å²) in [6, 6.07) is 14.5. The number of nitrogens with one attached hydrogen (secondary N) is 1. The SMILES string of the molecule is C=CCN1CC(=O)N2CC(=O)N(Cc3ccc(N)c(N=NC)c3)C[C@@H]2N1C(=O)NCc1ccccc1. The monoisotopic (exact) mass is 490 g/mol. The van der Waals surface area contributed by atoms with Crippen molar-refractivity contribution >= 4 is 29.2 Å². The molecule has 2 saturated heterocycles. The van der Waals surface area contributed by atoms with Crippen molar-refractivity contribution in [2.45, 2.75) is 19.3 Å². The van der Waals surface area contributed by atoms with Crippen LogP contribution in [0.25, 0.3) is 0 Å². The van der Waals surface area contributed by atoms with Crippen molar-refractivity contribution in [2.75, 3.05) is 39.0 Å². The van der Waals surface area contributed by atoms with Gasteiger partial charge in [0, 0.05) is 26.7 Å². The van der Waals surface area contributed by atoms with Crippen LogP contribution in [0.4, 0.5) is 16.2 Å². The molecule has 188 valence electrons. The Morgan fingerprint density at radius 2 is 1.92 bits per heavy atom. The number of piperazine rings is 1. The Morgan fingerprint density at radius 3 is 2.64 bits per heavy atom. The van der Waals surface area contributed by atoms with E-state index in [0.717, 1.165) is 11.1 Å². The highest BCUT2D eigenvalue weighted by Gasteiger charge is 2.46. The van der Waals surface area contributed by atoms with Crippen molar-refractivity contribution in [1.82, 2.24) is 25.1 Å². The molecule has 2 aromatic carbocycles. The summed E-state index contributed by atoms with van der Waals surface area (Å²) in [5.41, 5.74) is 8.74. The molecule has 2 heterocycles. The topological polar surface area (TPSA) is 127 Å². The molecule has 11 heteroatoms. The van der Waals surface area contributed by atoms with Crippen LogP contribution in [0.3, 0.4) is 0 Å². The summed E-state index contributed by atoms with van der Waals surface area (Å²) in [5.74, 6) is -0.406. The third-order valence-corrected chi connectivity index (χ3v) is 6.14. The molecule has 0 aromatic heterocycles. The van der Waals surface area contributed by atoms with Crippen LogP contribution in [0.1, 0.15) is 11.1 Å². The average molecular weight is 491 g/mol. The minimum Gasteiger partial charge on any atom is -0.397 e. The van der Waals surface area contributed by atoms with Gasteiger partial charge in [0.15, 0.2) is 0 Å². The highest BCUT2D eigenvalue weighted by molar-refractivity contribution is 5.89. The molecule has 4 amide bonds. The standard InChI is InChI=1S/C25H30N8O3/c1-3-11-31-16-24(35)32-17-23(34)30(14-19-9-10-20(26)21(12-19)29-27-2)15-22(32)33(31)25(36)28-13-18-7-5-4-6-8-18/h3-10,12,22H,1,11,13-17,26H2,2H3,(H,28,36)/t22-/m0/s1. The van der Waals surface area contributed by atoms with Crippen LogP contribution < -0.4 is 11.1 Å². The predicted octanol–water partition coefficient (Wildman–Crippen LogP) is 2.11. The maximum Gasteiger partial charge on any atom is 0.334 e. The van der Waals surface area contributed by atoms with Gasteiger partial charge < -0.3 is 20.9 Å². The van der Waals surface area contributed by atoms with Crippen molar-refractivity contribution in [3.05, 3.63) is 72.3 Å². The highest BCUT2D eigenvalue weighted by Crippen LogP contribution is 2.27. The largest absolute Gasteiger partial charge is 0.397 e. The molecule has 0 spiro atoms. The van der Waals surface area contributed by atoms with Gasteiger partial charge in [-0.3, -0.25) is 9.59 Å². The second-order valence-corrected chi connectivity index (χ2v) is 8.59. The first-order valence-corrected chi connectivity index (χ1v) is 11.6. The number of urea groups is 1. The lowest BCUT2D eigenvalue weighted by atomic mass is 10.1. The molecule has 11 nitrogen and oxygen atoms in total. The number of anilines is 1. The van der Waals surface area contributed by atoms with Crippen molar-refractivity contribution in [3.63, 3.8) is 0 Å². The molecule has 1 atom stereocenters. The molecule has 0 bridgehead atoms. The van der Waals surface area contributed by atoms with Crippen molar-refractivity contribution in [2.24, 2.45) is 10.2 Å². The zero-order valence-electron chi connectivity index (χ0n) is 20.2. The fraction of sp³-hybridized carbons (Fsp3) is 0.320. The van der Waals surface area contributed by atoms with Gasteiger partial charge in [-0.05, 0) is 23.3 Å². The van der Waals surface area contributed by atoms with Crippen LogP contribution in [-0.4, -0.2) is 77.1 Å². The van der Waals surface area contributed by atoms with Crippen LogP contribution in [0.15, 0.2) is 71.4 Å². The van der Waals surface area contributed by atoms with E-state index in [1.807, 2.05) is 36.4 Å². The number of benzene rings is 2. The van der Waals surface area contributed by atoms with Crippen molar-refractivity contribution < 1.29 is 14.4 Å². The van der Waals surface area contributed by atoms with Gasteiger partial charge in [-0.1, -0.05) is 42.5 Å². The average Bonchev–Trinajstić information content (AvgIpc) is 2.87. The van der Waals surface area contributed by atoms with Crippen LogP contribution in [0.2, 0.25) is 0 Å². The normalized spacial score (nSPS) is 18.5. The number of nitrogens with zero attached hydrogens (tertiary/aromatic N) is 6.